The van der Waals surface area contributed by atoms with Crippen molar-refractivity contribution in [1.29, 1.82) is 0 Å². The zero-order valence-corrected chi connectivity index (χ0v) is 7.09. The summed E-state index contributed by atoms with van der Waals surface area (Å²) in [5, 5.41) is 0. The summed E-state index contributed by atoms with van der Waals surface area (Å²) in [5.74, 6) is -1.16. The van der Waals surface area contributed by atoms with Gasteiger partial charge in [0.2, 0.25) is 0 Å². The van der Waals surface area contributed by atoms with E-state index >= 15 is 0 Å². The summed E-state index contributed by atoms with van der Waals surface area (Å²) in [6, 6.07) is 2.62. The van der Waals surface area contributed by atoms with E-state index in [-0.39, 0.29) is 5.69 Å². The molecule has 0 fully saturated rings. The quantitative estimate of drug-likeness (QED) is 0.678. The minimum Gasteiger partial charge on any atom is -0.271 e. The molecule has 0 aliphatic heterocycles. The first-order valence-corrected chi connectivity index (χ1v) is 3.92. The smallest absolute Gasteiger partial charge is 0.271 e. The lowest BCUT2D eigenvalue weighted by Crippen LogP contribution is -2.13. The van der Waals surface area contributed by atoms with Crippen molar-refractivity contribution >= 4 is 5.91 Å². The van der Waals surface area contributed by atoms with Gasteiger partial charge in [0.15, 0.2) is 11.5 Å². The molecule has 70 valence electrons. The molecule has 2 rings (SSSR count). The second kappa shape index (κ2) is 3.37. The van der Waals surface area contributed by atoms with Crippen molar-refractivity contribution in [3.05, 3.63) is 48.6 Å². The first-order chi connectivity index (χ1) is 6.79. The molecule has 0 aromatic carbocycles. The van der Waals surface area contributed by atoms with Crippen LogP contribution in [0.25, 0.3) is 0 Å². The second-order valence-corrected chi connectivity index (χ2v) is 2.61. The van der Waals surface area contributed by atoms with Gasteiger partial charge in [-0.1, -0.05) is 0 Å². The highest BCUT2D eigenvalue weighted by atomic mass is 19.1. The lowest BCUT2D eigenvalue weighted by atomic mass is 10.3. The molecule has 2 aromatic heterocycles. The number of pyridine rings is 1. The van der Waals surface area contributed by atoms with Crippen molar-refractivity contribution in [2.75, 3.05) is 0 Å². The second-order valence-electron chi connectivity index (χ2n) is 2.61. The number of aromatic nitrogens is 3. The van der Waals surface area contributed by atoms with Crippen molar-refractivity contribution in [3.63, 3.8) is 0 Å². The summed E-state index contributed by atoms with van der Waals surface area (Å²) in [5.41, 5.74) is -0.203. The Balaban J connectivity index is 2.42. The van der Waals surface area contributed by atoms with Crippen molar-refractivity contribution < 1.29 is 9.18 Å². The molecule has 4 nitrogen and oxygen atoms in total. The molecule has 2 heterocycles. The Labute approximate surface area is 79.0 Å². The highest BCUT2D eigenvalue weighted by Gasteiger charge is 2.13. The molecule has 0 aliphatic carbocycles. The number of carbonyl (C=O) groups is 1. The molecule has 0 amide bonds. The first kappa shape index (κ1) is 8.55. The summed E-state index contributed by atoms with van der Waals surface area (Å²) in [7, 11) is 0. The monoisotopic (exact) mass is 191 g/mol. The molecular formula is C9H6FN3O. The Bertz CT molecular complexity index is 453. The lowest BCUT2D eigenvalue weighted by Gasteiger charge is -2.00. The predicted molar refractivity (Wildman–Crippen MR) is 46.2 cm³/mol. The van der Waals surface area contributed by atoms with E-state index in [1.807, 2.05) is 0 Å². The minimum absolute atomic E-state index is 0.203. The van der Waals surface area contributed by atoms with Crippen LogP contribution in [0.2, 0.25) is 0 Å². The number of hydrogen-bond acceptors (Lipinski definition) is 3. The van der Waals surface area contributed by atoms with Gasteiger partial charge in [0.1, 0.15) is 6.33 Å². The average molecular weight is 191 g/mol. The summed E-state index contributed by atoms with van der Waals surface area (Å²) in [6.07, 6.45) is 5.55. The van der Waals surface area contributed by atoms with Gasteiger partial charge in [0.05, 0.1) is 0 Å². The fraction of sp³-hybridized carbons (Fsp3) is 0. The molecule has 0 radical (unpaired) electrons. The van der Waals surface area contributed by atoms with E-state index in [2.05, 4.69) is 9.97 Å². The maximum atomic E-state index is 13.1. The Hall–Kier alpha value is -2.04. The highest BCUT2D eigenvalue weighted by Crippen LogP contribution is 2.04. The molecule has 0 N–H and O–H groups in total. The molecular weight excluding hydrogens is 185 g/mol. The van der Waals surface area contributed by atoms with Crippen LogP contribution in [-0.4, -0.2) is 20.4 Å². The van der Waals surface area contributed by atoms with Gasteiger partial charge in [-0.05, 0) is 12.1 Å². The summed E-state index contributed by atoms with van der Waals surface area (Å²) < 4.78 is 14.3. The van der Waals surface area contributed by atoms with Crippen molar-refractivity contribution in [2.45, 2.75) is 0 Å². The predicted octanol–water partition coefficient (Wildman–Crippen LogP) is 1.11. The molecule has 0 aliphatic rings. The summed E-state index contributed by atoms with van der Waals surface area (Å²) >= 11 is 0. The molecule has 0 spiro atoms. The molecule has 5 heteroatoms. The molecule has 0 saturated carbocycles. The molecule has 2 aromatic rings. The zero-order chi connectivity index (χ0) is 9.97. The van der Waals surface area contributed by atoms with E-state index in [9.17, 15) is 9.18 Å². The number of nitrogens with zero attached hydrogens (tertiary/aromatic N) is 3. The van der Waals surface area contributed by atoms with Gasteiger partial charge in [0.25, 0.3) is 5.91 Å². The largest absolute Gasteiger partial charge is 0.284 e. The molecule has 0 saturated heterocycles. The van der Waals surface area contributed by atoms with Crippen LogP contribution in [0.3, 0.4) is 0 Å². The number of hydrogen-bond donors (Lipinski definition) is 0. The van der Waals surface area contributed by atoms with Crippen LogP contribution >= 0.6 is 0 Å². The molecule has 0 unspecified atom stereocenters. The number of halogens is 1. The fourth-order valence-electron chi connectivity index (χ4n) is 1.04. The Kier molecular flexibility index (Phi) is 2.06. The fourth-order valence-corrected chi connectivity index (χ4v) is 1.04. The number of rotatable bonds is 1. The van der Waals surface area contributed by atoms with Gasteiger partial charge >= 0.3 is 0 Å². The van der Waals surface area contributed by atoms with E-state index in [4.69, 9.17) is 0 Å². The average Bonchev–Trinajstić information content (AvgIpc) is 2.70. The van der Waals surface area contributed by atoms with Crippen LogP contribution in [0.15, 0.2) is 37.1 Å². The minimum atomic E-state index is -0.633. The highest BCUT2D eigenvalue weighted by molar-refractivity contribution is 5.94. The summed E-state index contributed by atoms with van der Waals surface area (Å²) in [4.78, 5) is 18.9. The third-order valence-corrected chi connectivity index (χ3v) is 1.70. The summed E-state index contributed by atoms with van der Waals surface area (Å²) in [6.45, 7) is 0. The number of imidazole rings is 1. The van der Waals surface area contributed by atoms with Crippen LogP contribution in [0.5, 0.6) is 0 Å². The maximum Gasteiger partial charge on any atom is 0.284 e. The van der Waals surface area contributed by atoms with Crippen molar-refractivity contribution in [2.24, 2.45) is 0 Å². The third-order valence-electron chi connectivity index (χ3n) is 1.70. The zero-order valence-electron chi connectivity index (χ0n) is 7.09. The van der Waals surface area contributed by atoms with E-state index in [1.165, 1.54) is 41.6 Å². The maximum absolute atomic E-state index is 13.1. The van der Waals surface area contributed by atoms with Crippen LogP contribution in [0.1, 0.15) is 10.5 Å². The van der Waals surface area contributed by atoms with Crippen molar-refractivity contribution in [3.8, 4) is 0 Å². The van der Waals surface area contributed by atoms with Crippen LogP contribution in [0.4, 0.5) is 4.39 Å². The van der Waals surface area contributed by atoms with Gasteiger partial charge in [0, 0.05) is 18.6 Å². The molecule has 0 bridgehead atoms. The van der Waals surface area contributed by atoms with Crippen LogP contribution in [-0.2, 0) is 0 Å². The van der Waals surface area contributed by atoms with Crippen molar-refractivity contribution in [1.82, 2.24) is 14.5 Å². The Morgan fingerprint density at radius 3 is 2.93 bits per heavy atom. The third kappa shape index (κ3) is 1.39. The van der Waals surface area contributed by atoms with Crippen LogP contribution in [0, 0.1) is 5.82 Å². The Morgan fingerprint density at radius 1 is 1.43 bits per heavy atom. The van der Waals surface area contributed by atoms with E-state index in [0.29, 0.717) is 0 Å². The molecule has 14 heavy (non-hydrogen) atoms. The topological polar surface area (TPSA) is 47.8 Å². The van der Waals surface area contributed by atoms with Crippen LogP contribution < -0.4 is 0 Å². The van der Waals surface area contributed by atoms with E-state index < -0.39 is 11.7 Å². The normalized spacial score (nSPS) is 10.1. The SMILES string of the molecule is O=C(c1ncccc1F)n1ccnc1. The first-order valence-electron chi connectivity index (χ1n) is 3.92. The van der Waals surface area contributed by atoms with E-state index in [1.54, 1.807) is 0 Å². The van der Waals surface area contributed by atoms with Gasteiger partial charge in [-0.15, -0.1) is 0 Å². The lowest BCUT2D eigenvalue weighted by molar-refractivity contribution is 0.0950. The van der Waals surface area contributed by atoms with Gasteiger partial charge in [-0.2, -0.15) is 0 Å². The van der Waals surface area contributed by atoms with Gasteiger partial charge in [-0.3, -0.25) is 9.36 Å². The Morgan fingerprint density at radius 2 is 2.29 bits per heavy atom. The number of carbonyl (C=O) groups excluding carboxylic acids is 1. The standard InChI is InChI=1S/C9H6FN3O/c10-7-2-1-3-12-8(7)9(14)13-5-4-11-6-13/h1-6H. The van der Waals surface area contributed by atoms with E-state index in [0.717, 1.165) is 0 Å². The van der Waals surface area contributed by atoms with Gasteiger partial charge < -0.3 is 0 Å². The van der Waals surface area contributed by atoms with Gasteiger partial charge in [-0.25, -0.2) is 14.4 Å². The molecule has 0 atom stereocenters.